The highest BCUT2D eigenvalue weighted by Crippen LogP contribution is 2.49. The predicted octanol–water partition coefficient (Wildman–Crippen LogP) is 9.65. The van der Waals surface area contributed by atoms with Crippen molar-refractivity contribution in [3.05, 3.63) is 106 Å². The number of pyridine rings is 1. The number of methoxy groups -OCH3 is 1. The number of piperidine rings is 1. The van der Waals surface area contributed by atoms with E-state index in [2.05, 4.69) is 67.9 Å². The van der Waals surface area contributed by atoms with E-state index in [0.717, 1.165) is 69.8 Å². The van der Waals surface area contributed by atoms with Gasteiger partial charge in [0.05, 0.1) is 32.5 Å². The van der Waals surface area contributed by atoms with Crippen LogP contribution in [0.1, 0.15) is 119 Å². The van der Waals surface area contributed by atoms with Gasteiger partial charge in [0.2, 0.25) is 0 Å². The number of carbonyl (C=O) groups is 1. The van der Waals surface area contributed by atoms with Crippen LogP contribution in [0.5, 0.6) is 17.4 Å². The molecule has 71 heavy (non-hydrogen) atoms. The number of likely N-dealkylation sites (tertiary alicyclic amines) is 1. The molecular weight excluding hydrogens is 930 g/mol. The Morgan fingerprint density at radius 1 is 1.00 bits per heavy atom. The SMILES string of the molecule is CO[C@H](C)COc1nc2[nH]cc(F)c2cc1Oc1cc(N2CCC3(CC2)CN([C@H]2CCC[C@H]2c2ccccc2C(C)C)C3)ccc1C(=O)NS(=O)(=O)c1ccc(NC[C@H]2CC[C@](C)(O)CC2)c([N+](=O)[O-])c1. The summed E-state index contributed by atoms with van der Waals surface area (Å²) in [6, 6.07) is 19.2. The number of halogens is 1. The number of hydrogen-bond acceptors (Lipinski definition) is 13. The second kappa shape index (κ2) is 20.4. The van der Waals surface area contributed by atoms with Crippen LogP contribution in [0.4, 0.5) is 21.5 Å². The monoisotopic (exact) mass is 995 g/mol. The van der Waals surface area contributed by atoms with Gasteiger partial charge in [-0.25, -0.2) is 17.5 Å². The van der Waals surface area contributed by atoms with Gasteiger partial charge in [0.25, 0.3) is 27.5 Å². The average molecular weight is 996 g/mol. The molecule has 5 aromatic rings. The third-order valence-electron chi connectivity index (χ3n) is 15.5. The number of aromatic amines is 1. The normalized spacial score (nSPS) is 22.9. The maximum atomic E-state index is 15.1. The quantitative estimate of drug-likeness (QED) is 0.0507. The molecule has 2 aliphatic carbocycles. The zero-order valence-corrected chi connectivity index (χ0v) is 42.0. The van der Waals surface area contributed by atoms with E-state index in [1.807, 2.05) is 0 Å². The highest BCUT2D eigenvalue weighted by Gasteiger charge is 2.49. The molecule has 2 aromatic heterocycles. The van der Waals surface area contributed by atoms with E-state index in [1.54, 1.807) is 26.0 Å². The molecule has 1 spiro atoms. The minimum atomic E-state index is -4.69. The van der Waals surface area contributed by atoms with Crippen molar-refractivity contribution in [1.82, 2.24) is 19.6 Å². The molecule has 0 bridgehead atoms. The van der Waals surface area contributed by atoms with Gasteiger partial charge in [0.15, 0.2) is 5.75 Å². The molecular formula is C53H66FN7O9S. The van der Waals surface area contributed by atoms with E-state index < -0.39 is 42.9 Å². The molecule has 2 saturated carbocycles. The van der Waals surface area contributed by atoms with Crippen LogP contribution in [0, 0.1) is 27.3 Å². The second-order valence-corrected chi connectivity index (χ2v) is 22.6. The molecule has 1 amide bonds. The number of anilines is 2. The van der Waals surface area contributed by atoms with E-state index in [-0.39, 0.29) is 63.7 Å². The number of nitro benzene ring substituents is 1. The second-order valence-electron chi connectivity index (χ2n) is 20.9. The van der Waals surface area contributed by atoms with Crippen molar-refractivity contribution in [1.29, 1.82) is 0 Å². The van der Waals surface area contributed by atoms with Gasteiger partial charge in [-0.05, 0) is 124 Å². The number of hydrogen-bond donors (Lipinski definition) is 4. The largest absolute Gasteiger partial charge is 0.472 e. The summed E-state index contributed by atoms with van der Waals surface area (Å²) >= 11 is 0. The Morgan fingerprint density at radius 2 is 1.75 bits per heavy atom. The fourth-order valence-corrected chi connectivity index (χ4v) is 12.2. The number of nitro groups is 1. The number of carbonyl (C=O) groups excluding carboxylic acids is 1. The van der Waals surface area contributed by atoms with Crippen LogP contribution >= 0.6 is 0 Å². The molecule has 0 radical (unpaired) electrons. The fourth-order valence-electron chi connectivity index (χ4n) is 11.2. The number of nitrogens with one attached hydrogen (secondary N) is 3. The Labute approximate surface area is 414 Å². The molecule has 380 valence electrons. The maximum Gasteiger partial charge on any atom is 0.293 e. The lowest BCUT2D eigenvalue weighted by Gasteiger charge is -2.57. The number of aromatic nitrogens is 2. The van der Waals surface area contributed by atoms with Gasteiger partial charge in [-0.2, -0.15) is 4.98 Å². The molecule has 3 atom stereocenters. The Kier molecular flexibility index (Phi) is 14.4. The summed E-state index contributed by atoms with van der Waals surface area (Å²) in [6.45, 7) is 12.2. The van der Waals surface area contributed by atoms with Crippen LogP contribution in [0.25, 0.3) is 11.0 Å². The van der Waals surface area contributed by atoms with E-state index >= 15 is 4.39 Å². The number of amides is 1. The summed E-state index contributed by atoms with van der Waals surface area (Å²) in [5, 5.41) is 25.8. The average Bonchev–Trinajstić information content (AvgIpc) is 3.97. The summed E-state index contributed by atoms with van der Waals surface area (Å²) in [4.78, 5) is 37.6. The van der Waals surface area contributed by atoms with Crippen molar-refractivity contribution in [2.24, 2.45) is 11.3 Å². The number of ether oxygens (including phenoxy) is 3. The summed E-state index contributed by atoms with van der Waals surface area (Å²) in [6.07, 6.45) is 9.09. The molecule has 18 heteroatoms. The van der Waals surface area contributed by atoms with Crippen LogP contribution < -0.4 is 24.4 Å². The van der Waals surface area contributed by atoms with Gasteiger partial charge < -0.3 is 34.5 Å². The fraction of sp³-hybridized carbons (Fsp3) is 0.509. The highest BCUT2D eigenvalue weighted by molar-refractivity contribution is 7.90. The zero-order chi connectivity index (χ0) is 50.2. The number of aliphatic hydroxyl groups is 1. The number of benzene rings is 3. The molecule has 16 nitrogen and oxygen atoms in total. The zero-order valence-electron chi connectivity index (χ0n) is 41.2. The number of fused-ring (bicyclic) bond motifs is 1. The van der Waals surface area contributed by atoms with E-state index in [1.165, 1.54) is 61.8 Å². The van der Waals surface area contributed by atoms with Gasteiger partial charge in [-0.3, -0.25) is 19.8 Å². The molecule has 3 aromatic carbocycles. The lowest BCUT2D eigenvalue weighted by molar-refractivity contribution is -0.384. The lowest BCUT2D eigenvalue weighted by Crippen LogP contribution is -2.63. The Morgan fingerprint density at radius 3 is 2.46 bits per heavy atom. The first-order valence-electron chi connectivity index (χ1n) is 25.0. The third-order valence-corrected chi connectivity index (χ3v) is 16.9. The van der Waals surface area contributed by atoms with E-state index in [4.69, 9.17) is 14.2 Å². The smallest absolute Gasteiger partial charge is 0.293 e. The Bertz CT molecular complexity index is 2870. The first-order chi connectivity index (χ1) is 33.9. The molecule has 4 heterocycles. The minimum absolute atomic E-state index is 0.0179. The number of H-pyrrole nitrogens is 1. The number of rotatable bonds is 17. The van der Waals surface area contributed by atoms with Gasteiger partial charge in [0.1, 0.15) is 29.5 Å². The molecule has 2 aliphatic heterocycles. The van der Waals surface area contributed by atoms with Crippen LogP contribution in [0.3, 0.4) is 0 Å². The number of nitrogens with zero attached hydrogens (tertiary/aromatic N) is 4. The Hall–Kier alpha value is -5.82. The van der Waals surface area contributed by atoms with Crippen molar-refractivity contribution >= 4 is 44.0 Å². The highest BCUT2D eigenvalue weighted by atomic mass is 32.2. The van der Waals surface area contributed by atoms with E-state index in [9.17, 15) is 28.4 Å². The van der Waals surface area contributed by atoms with Crippen LogP contribution in [-0.4, -0.2) is 103 Å². The molecule has 4 aliphatic rings. The predicted molar refractivity (Wildman–Crippen MR) is 270 cm³/mol. The molecule has 2 saturated heterocycles. The van der Waals surface area contributed by atoms with Crippen LogP contribution in [0.15, 0.2) is 77.8 Å². The summed E-state index contributed by atoms with van der Waals surface area (Å²) in [5.74, 6) is -0.564. The van der Waals surface area contributed by atoms with Crippen LogP contribution in [-0.2, 0) is 14.8 Å². The van der Waals surface area contributed by atoms with Crippen molar-refractivity contribution in [3.63, 3.8) is 0 Å². The van der Waals surface area contributed by atoms with Crippen molar-refractivity contribution in [2.75, 3.05) is 56.7 Å². The summed E-state index contributed by atoms with van der Waals surface area (Å²) in [7, 11) is -3.15. The first kappa shape index (κ1) is 50.1. The third kappa shape index (κ3) is 10.9. The summed E-state index contributed by atoms with van der Waals surface area (Å²) < 4.78 is 62.9. The van der Waals surface area contributed by atoms with Gasteiger partial charge in [-0.15, -0.1) is 0 Å². The van der Waals surface area contributed by atoms with Crippen LogP contribution in [0.2, 0.25) is 0 Å². The lowest BCUT2D eigenvalue weighted by atomic mass is 9.70. The first-order valence-corrected chi connectivity index (χ1v) is 26.4. The molecule has 0 unspecified atom stereocenters. The van der Waals surface area contributed by atoms with Gasteiger partial charge >= 0.3 is 0 Å². The maximum absolute atomic E-state index is 15.1. The topological polar surface area (TPSA) is 201 Å². The minimum Gasteiger partial charge on any atom is -0.472 e. The molecule has 4 N–H and O–H groups in total. The standard InChI is InChI=1S/C53H66FN7O9S/c1-33(2)38-9-6-7-10-39(38)40-11-8-12-45(40)60-31-53(32-60)21-23-59(24-22-53)36-13-15-41(47(25-36)70-48-27-42-43(54)29-56-49(42)57-51(48)69-30-34(3)68-5)50(62)58-71(66,67)37-14-16-44(46(26-37)61(64)65)55-28-35-17-19-52(4,63)20-18-35/h6-7,9-10,13-16,25-27,29,33-35,40,45,55,63H,8,11-12,17-24,28,30-32H2,1-5H3,(H,56,57)(H,58,62)/t34-,35-,40+,45+,52-/m1/s1. The molecule has 4 fully saturated rings. The van der Waals surface area contributed by atoms with Gasteiger partial charge in [0, 0.05) is 76.0 Å². The summed E-state index contributed by atoms with van der Waals surface area (Å²) in [5.41, 5.74) is 2.84. The van der Waals surface area contributed by atoms with Crippen molar-refractivity contribution < 1.29 is 41.8 Å². The molecule has 9 rings (SSSR count). The van der Waals surface area contributed by atoms with E-state index in [0.29, 0.717) is 37.3 Å². The van der Waals surface area contributed by atoms with Crippen molar-refractivity contribution in [2.45, 2.75) is 120 Å². The number of sulfonamides is 1. The van der Waals surface area contributed by atoms with Gasteiger partial charge in [-0.1, -0.05) is 44.5 Å². The Balaban J connectivity index is 0.951. The van der Waals surface area contributed by atoms with Crippen molar-refractivity contribution in [3.8, 4) is 17.4 Å².